The number of nitriles is 1. The van der Waals surface area contributed by atoms with Crippen molar-refractivity contribution in [2.45, 2.75) is 18.9 Å². The van der Waals surface area contributed by atoms with Crippen LogP contribution in [0.5, 0.6) is 0 Å². The van der Waals surface area contributed by atoms with Crippen molar-refractivity contribution in [1.82, 2.24) is 0 Å². The maximum atomic E-state index is 9.10. The Morgan fingerprint density at radius 3 is 3.06 bits per heavy atom. The van der Waals surface area contributed by atoms with Crippen LogP contribution in [-0.2, 0) is 4.74 Å². The molecule has 0 bridgehead atoms. The van der Waals surface area contributed by atoms with Gasteiger partial charge in [0.25, 0.3) is 0 Å². The topological polar surface area (TPSA) is 33.0 Å². The Balaban J connectivity index is 2.34. The van der Waals surface area contributed by atoms with Crippen LogP contribution in [0, 0.1) is 17.2 Å². The maximum Gasteiger partial charge on any atom is 0.0997 e. The van der Waals surface area contributed by atoms with Crippen LogP contribution in [0.15, 0.2) is 22.7 Å². The minimum atomic E-state index is -0.191. The molecule has 1 fully saturated rings. The third-order valence-electron chi connectivity index (χ3n) is 2.75. The second-order valence-electron chi connectivity index (χ2n) is 3.84. The van der Waals surface area contributed by atoms with Crippen LogP contribution in [0.4, 0.5) is 0 Å². The summed E-state index contributed by atoms with van der Waals surface area (Å²) < 4.78 is 6.63. The van der Waals surface area contributed by atoms with Crippen LogP contribution in [-0.4, -0.2) is 6.61 Å². The molecule has 0 radical (unpaired) electrons. The first-order valence-electron chi connectivity index (χ1n) is 5.18. The highest BCUT2D eigenvalue weighted by Crippen LogP contribution is 2.37. The summed E-state index contributed by atoms with van der Waals surface area (Å²) >= 11 is 9.55. The highest BCUT2D eigenvalue weighted by atomic mass is 79.9. The molecule has 1 saturated heterocycles. The SMILES string of the molecule is N#CC1CCCOC1c1cc(Br)ccc1Cl. The molecule has 4 heteroatoms. The molecule has 0 spiro atoms. The van der Waals surface area contributed by atoms with Gasteiger partial charge in [-0.3, -0.25) is 0 Å². The first kappa shape index (κ1) is 11.9. The van der Waals surface area contributed by atoms with Gasteiger partial charge in [0, 0.05) is 21.7 Å². The van der Waals surface area contributed by atoms with Gasteiger partial charge in [-0.05, 0) is 31.0 Å². The van der Waals surface area contributed by atoms with E-state index in [0.717, 1.165) is 22.9 Å². The molecule has 2 nitrogen and oxygen atoms in total. The fourth-order valence-corrected chi connectivity index (χ4v) is 2.56. The molecule has 2 unspecified atom stereocenters. The van der Waals surface area contributed by atoms with Gasteiger partial charge in [-0.1, -0.05) is 27.5 Å². The Morgan fingerprint density at radius 1 is 1.50 bits per heavy atom. The number of hydrogen-bond donors (Lipinski definition) is 0. The lowest BCUT2D eigenvalue weighted by atomic mass is 9.91. The van der Waals surface area contributed by atoms with E-state index in [9.17, 15) is 0 Å². The van der Waals surface area contributed by atoms with Crippen molar-refractivity contribution in [1.29, 1.82) is 5.26 Å². The molecular weight excluding hydrogens is 289 g/mol. The molecule has 1 aliphatic rings. The summed E-state index contributed by atoms with van der Waals surface area (Å²) in [6.07, 6.45) is 1.63. The second kappa shape index (κ2) is 5.18. The molecule has 2 atom stereocenters. The summed E-state index contributed by atoms with van der Waals surface area (Å²) in [6.45, 7) is 0.700. The Labute approximate surface area is 108 Å². The van der Waals surface area contributed by atoms with Crippen molar-refractivity contribution in [3.05, 3.63) is 33.3 Å². The molecule has 1 heterocycles. The van der Waals surface area contributed by atoms with E-state index in [4.69, 9.17) is 21.6 Å². The standard InChI is InChI=1S/C12H11BrClNO/c13-9-3-4-11(14)10(6-9)12-8(7-15)2-1-5-16-12/h3-4,6,8,12H,1-2,5H2. The quantitative estimate of drug-likeness (QED) is 0.782. The molecule has 1 aromatic rings. The van der Waals surface area contributed by atoms with E-state index >= 15 is 0 Å². The lowest BCUT2D eigenvalue weighted by molar-refractivity contribution is -0.0101. The van der Waals surface area contributed by atoms with Gasteiger partial charge in [0.05, 0.1) is 18.1 Å². The van der Waals surface area contributed by atoms with E-state index in [2.05, 4.69) is 22.0 Å². The molecule has 0 aromatic heterocycles. The highest BCUT2D eigenvalue weighted by molar-refractivity contribution is 9.10. The van der Waals surface area contributed by atoms with Gasteiger partial charge in [0.1, 0.15) is 0 Å². The summed E-state index contributed by atoms with van der Waals surface area (Å²) in [5.74, 6) is -0.0967. The molecule has 1 aliphatic heterocycles. The lowest BCUT2D eigenvalue weighted by Crippen LogP contribution is -2.21. The van der Waals surface area contributed by atoms with Crippen molar-refractivity contribution in [2.24, 2.45) is 5.92 Å². The third kappa shape index (κ3) is 2.40. The van der Waals surface area contributed by atoms with Crippen molar-refractivity contribution in [3.8, 4) is 6.07 Å². The van der Waals surface area contributed by atoms with Crippen molar-refractivity contribution >= 4 is 27.5 Å². The Kier molecular flexibility index (Phi) is 3.86. The largest absolute Gasteiger partial charge is 0.372 e. The molecule has 1 aromatic carbocycles. The van der Waals surface area contributed by atoms with Gasteiger partial charge in [0.15, 0.2) is 0 Å². The Morgan fingerprint density at radius 2 is 2.31 bits per heavy atom. The summed E-state index contributed by atoms with van der Waals surface area (Å²) in [5, 5.41) is 9.76. The van der Waals surface area contributed by atoms with E-state index in [0.29, 0.717) is 11.6 Å². The molecule has 2 rings (SSSR count). The normalized spacial score (nSPS) is 25.1. The fourth-order valence-electron chi connectivity index (χ4n) is 1.95. The zero-order valence-corrected chi connectivity index (χ0v) is 11.0. The van der Waals surface area contributed by atoms with Crippen LogP contribution in [0.2, 0.25) is 5.02 Å². The van der Waals surface area contributed by atoms with Crippen molar-refractivity contribution in [2.75, 3.05) is 6.61 Å². The van der Waals surface area contributed by atoms with Gasteiger partial charge in [0.2, 0.25) is 0 Å². The van der Waals surface area contributed by atoms with Gasteiger partial charge < -0.3 is 4.74 Å². The lowest BCUT2D eigenvalue weighted by Gasteiger charge is -2.28. The van der Waals surface area contributed by atoms with E-state index in [1.165, 1.54) is 0 Å². The Bertz CT molecular complexity index is 430. The van der Waals surface area contributed by atoms with Crippen molar-refractivity contribution in [3.63, 3.8) is 0 Å². The smallest absolute Gasteiger partial charge is 0.0997 e. The number of hydrogen-bond acceptors (Lipinski definition) is 2. The number of rotatable bonds is 1. The van der Waals surface area contributed by atoms with Gasteiger partial charge in [-0.25, -0.2) is 0 Å². The van der Waals surface area contributed by atoms with E-state index in [1.54, 1.807) is 0 Å². The first-order valence-corrected chi connectivity index (χ1v) is 6.35. The number of halogens is 2. The number of nitrogens with zero attached hydrogens (tertiary/aromatic N) is 1. The van der Waals surface area contributed by atoms with Crippen LogP contribution in [0.1, 0.15) is 24.5 Å². The van der Waals surface area contributed by atoms with E-state index < -0.39 is 0 Å². The maximum absolute atomic E-state index is 9.10. The van der Waals surface area contributed by atoms with Crippen molar-refractivity contribution < 1.29 is 4.74 Å². The average molecular weight is 301 g/mol. The summed E-state index contributed by atoms with van der Waals surface area (Å²) in [6, 6.07) is 7.95. The predicted octanol–water partition coefficient (Wildman–Crippen LogP) is 4.09. The summed E-state index contributed by atoms with van der Waals surface area (Å²) in [4.78, 5) is 0. The number of ether oxygens (including phenoxy) is 1. The predicted molar refractivity (Wildman–Crippen MR) is 66.2 cm³/mol. The second-order valence-corrected chi connectivity index (χ2v) is 5.16. The first-order chi connectivity index (χ1) is 7.72. The molecule has 84 valence electrons. The minimum Gasteiger partial charge on any atom is -0.372 e. The monoisotopic (exact) mass is 299 g/mol. The van der Waals surface area contributed by atoms with Crippen LogP contribution in [0.3, 0.4) is 0 Å². The zero-order valence-electron chi connectivity index (χ0n) is 8.62. The molecule has 0 aliphatic carbocycles. The summed E-state index contributed by atoms with van der Waals surface area (Å²) in [7, 11) is 0. The molecule has 0 amide bonds. The van der Waals surface area contributed by atoms with Crippen LogP contribution in [0.25, 0.3) is 0 Å². The highest BCUT2D eigenvalue weighted by Gasteiger charge is 2.28. The van der Waals surface area contributed by atoms with Gasteiger partial charge in [-0.15, -0.1) is 0 Å². The van der Waals surface area contributed by atoms with Gasteiger partial charge in [-0.2, -0.15) is 5.26 Å². The van der Waals surface area contributed by atoms with E-state index in [-0.39, 0.29) is 12.0 Å². The van der Waals surface area contributed by atoms with Crippen LogP contribution < -0.4 is 0 Å². The molecule has 0 N–H and O–H groups in total. The third-order valence-corrected chi connectivity index (χ3v) is 3.59. The molecule has 0 saturated carbocycles. The summed E-state index contributed by atoms with van der Waals surface area (Å²) in [5.41, 5.74) is 0.905. The molecule has 16 heavy (non-hydrogen) atoms. The zero-order chi connectivity index (χ0) is 11.5. The van der Waals surface area contributed by atoms with Crippen LogP contribution >= 0.6 is 27.5 Å². The molecular formula is C12H11BrClNO. The minimum absolute atomic E-state index is 0.0967. The Hall–Kier alpha value is -0.560. The van der Waals surface area contributed by atoms with Gasteiger partial charge >= 0.3 is 0 Å². The van der Waals surface area contributed by atoms with E-state index in [1.807, 2.05) is 18.2 Å². The number of benzene rings is 1. The average Bonchev–Trinajstić information content (AvgIpc) is 2.32. The fraction of sp³-hybridized carbons (Fsp3) is 0.417.